The number of rotatable bonds is 6. The molecule has 0 fully saturated rings. The molecule has 4 nitrogen and oxygen atoms in total. The maximum atomic E-state index is 11.2. The van der Waals surface area contributed by atoms with Crippen LogP contribution in [0.4, 0.5) is 0 Å². The fourth-order valence-corrected chi connectivity index (χ4v) is 0.984. The summed E-state index contributed by atoms with van der Waals surface area (Å²) >= 11 is 0. The van der Waals surface area contributed by atoms with Crippen LogP contribution in [0, 0.1) is 12.8 Å². The molecule has 0 amide bonds. The summed E-state index contributed by atoms with van der Waals surface area (Å²) in [5.41, 5.74) is 0. The van der Waals surface area contributed by atoms with Gasteiger partial charge in [0.1, 0.15) is 0 Å². The van der Waals surface area contributed by atoms with Crippen LogP contribution in [-0.2, 0) is 19.1 Å². The van der Waals surface area contributed by atoms with Gasteiger partial charge >= 0.3 is 11.9 Å². The molecule has 0 spiro atoms. The normalized spacial score (nSPS) is 11.9. The summed E-state index contributed by atoms with van der Waals surface area (Å²) in [6.07, 6.45) is 0.397. The predicted molar refractivity (Wildman–Crippen MR) is 51.3 cm³/mol. The Bertz CT molecular complexity index is 189. The molecule has 0 bridgehead atoms. The molecule has 0 aromatic rings. The second kappa shape index (κ2) is 7.35. The molecule has 0 heterocycles. The first-order valence-corrected chi connectivity index (χ1v) is 4.77. The lowest BCUT2D eigenvalue weighted by Gasteiger charge is -2.12. The van der Waals surface area contributed by atoms with E-state index in [1.165, 1.54) is 0 Å². The third kappa shape index (κ3) is 4.84. The molecule has 0 rings (SSSR count). The molecule has 14 heavy (non-hydrogen) atoms. The molecule has 81 valence electrons. The number of hydrogen-bond donors (Lipinski definition) is 0. The van der Waals surface area contributed by atoms with Crippen molar-refractivity contribution in [2.45, 2.75) is 26.7 Å². The minimum atomic E-state index is -0.478. The Labute approximate surface area is 84.6 Å². The quantitative estimate of drug-likeness (QED) is 0.608. The van der Waals surface area contributed by atoms with E-state index in [1.807, 2.05) is 0 Å². The van der Waals surface area contributed by atoms with Crippen molar-refractivity contribution in [3.63, 3.8) is 0 Å². The van der Waals surface area contributed by atoms with Gasteiger partial charge in [0.05, 0.1) is 25.6 Å². The predicted octanol–water partition coefficient (Wildman–Crippen LogP) is 1.34. The summed E-state index contributed by atoms with van der Waals surface area (Å²) in [5.74, 6) is -1.24. The Morgan fingerprint density at radius 2 is 1.79 bits per heavy atom. The van der Waals surface area contributed by atoms with E-state index in [4.69, 9.17) is 9.47 Å². The Balaban J connectivity index is 4.01. The average molecular weight is 201 g/mol. The third-order valence-electron chi connectivity index (χ3n) is 1.69. The molecule has 1 radical (unpaired) electrons. The maximum absolute atomic E-state index is 11.2. The van der Waals surface area contributed by atoms with Gasteiger partial charge in [0.25, 0.3) is 0 Å². The molecule has 0 aliphatic rings. The van der Waals surface area contributed by atoms with Crippen molar-refractivity contribution >= 4 is 11.9 Å². The maximum Gasteiger partial charge on any atom is 0.309 e. The van der Waals surface area contributed by atoms with Gasteiger partial charge in [-0.05, 0) is 20.3 Å². The van der Waals surface area contributed by atoms with E-state index in [-0.39, 0.29) is 18.4 Å². The summed E-state index contributed by atoms with van der Waals surface area (Å²) in [7, 11) is 0. The van der Waals surface area contributed by atoms with Gasteiger partial charge in [0, 0.05) is 0 Å². The molecule has 1 unspecified atom stereocenters. The van der Waals surface area contributed by atoms with Crippen LogP contribution >= 0.6 is 0 Å². The number of ether oxygens (including phenoxy) is 2. The molecule has 1 atom stereocenters. The van der Waals surface area contributed by atoms with Crippen molar-refractivity contribution in [2.75, 3.05) is 13.2 Å². The van der Waals surface area contributed by atoms with Crippen molar-refractivity contribution in [3.05, 3.63) is 6.92 Å². The number of esters is 2. The van der Waals surface area contributed by atoms with E-state index in [2.05, 4.69) is 6.92 Å². The van der Waals surface area contributed by atoms with E-state index in [1.54, 1.807) is 13.8 Å². The minimum absolute atomic E-state index is 0.0518. The topological polar surface area (TPSA) is 52.6 Å². The molecule has 4 heteroatoms. The lowest BCUT2D eigenvalue weighted by molar-refractivity contribution is -0.154. The van der Waals surface area contributed by atoms with Gasteiger partial charge in [0.2, 0.25) is 0 Å². The monoisotopic (exact) mass is 201 g/mol. The molecule has 0 aliphatic heterocycles. The number of carbonyl (C=O) groups is 2. The van der Waals surface area contributed by atoms with Crippen LogP contribution in [0.25, 0.3) is 0 Å². The standard InChI is InChI=1S/C10H17O4/c1-4-8(10(12)14-6-3)7-9(11)13-5-2/h8H,1,4-7H2,2-3H3. The van der Waals surface area contributed by atoms with Gasteiger partial charge in [-0.2, -0.15) is 0 Å². The second-order valence-corrected chi connectivity index (χ2v) is 2.75. The zero-order chi connectivity index (χ0) is 11.0. The van der Waals surface area contributed by atoms with Crippen molar-refractivity contribution in [3.8, 4) is 0 Å². The first-order chi connectivity index (χ1) is 6.65. The van der Waals surface area contributed by atoms with Gasteiger partial charge in [0.15, 0.2) is 0 Å². The van der Waals surface area contributed by atoms with Crippen LogP contribution < -0.4 is 0 Å². The summed E-state index contributed by atoms with van der Waals surface area (Å²) in [5, 5.41) is 0. The molecule has 0 aliphatic carbocycles. The van der Waals surface area contributed by atoms with Crippen LogP contribution in [-0.4, -0.2) is 25.2 Å². The summed E-state index contributed by atoms with van der Waals surface area (Å²) < 4.78 is 9.52. The van der Waals surface area contributed by atoms with E-state index >= 15 is 0 Å². The van der Waals surface area contributed by atoms with Gasteiger partial charge < -0.3 is 9.47 Å². The van der Waals surface area contributed by atoms with E-state index in [0.717, 1.165) is 0 Å². The largest absolute Gasteiger partial charge is 0.466 e. The Kier molecular flexibility index (Phi) is 6.80. The zero-order valence-electron chi connectivity index (χ0n) is 8.75. The van der Waals surface area contributed by atoms with Crippen LogP contribution in [0.1, 0.15) is 26.7 Å². The summed E-state index contributed by atoms with van der Waals surface area (Å²) in [6.45, 7) is 7.68. The summed E-state index contributed by atoms with van der Waals surface area (Å²) in [6, 6.07) is 0. The number of carbonyl (C=O) groups excluding carboxylic acids is 2. The Morgan fingerprint density at radius 1 is 1.21 bits per heavy atom. The first-order valence-electron chi connectivity index (χ1n) is 4.77. The third-order valence-corrected chi connectivity index (χ3v) is 1.69. The van der Waals surface area contributed by atoms with Gasteiger partial charge in [-0.1, -0.05) is 6.92 Å². The highest BCUT2D eigenvalue weighted by molar-refractivity contribution is 5.79. The van der Waals surface area contributed by atoms with Crippen LogP contribution in [0.5, 0.6) is 0 Å². The van der Waals surface area contributed by atoms with Crippen molar-refractivity contribution < 1.29 is 19.1 Å². The average Bonchev–Trinajstić information content (AvgIpc) is 2.15. The Morgan fingerprint density at radius 3 is 2.21 bits per heavy atom. The summed E-state index contributed by atoms with van der Waals surface area (Å²) in [4.78, 5) is 22.3. The highest BCUT2D eigenvalue weighted by Crippen LogP contribution is 2.11. The molecule has 0 saturated heterocycles. The van der Waals surface area contributed by atoms with Crippen molar-refractivity contribution in [1.82, 2.24) is 0 Å². The molecular formula is C10H17O4. The number of hydrogen-bond acceptors (Lipinski definition) is 4. The lowest BCUT2D eigenvalue weighted by Crippen LogP contribution is -2.21. The Hall–Kier alpha value is -1.06. The van der Waals surface area contributed by atoms with E-state index in [0.29, 0.717) is 19.6 Å². The highest BCUT2D eigenvalue weighted by Gasteiger charge is 2.21. The smallest absolute Gasteiger partial charge is 0.309 e. The van der Waals surface area contributed by atoms with Gasteiger partial charge in [-0.3, -0.25) is 9.59 Å². The second-order valence-electron chi connectivity index (χ2n) is 2.75. The first kappa shape index (κ1) is 12.9. The fraction of sp³-hybridized carbons (Fsp3) is 0.700. The molecule has 0 aromatic carbocycles. The lowest BCUT2D eigenvalue weighted by atomic mass is 10.0. The van der Waals surface area contributed by atoms with Crippen LogP contribution in [0.2, 0.25) is 0 Å². The van der Waals surface area contributed by atoms with Crippen molar-refractivity contribution in [2.24, 2.45) is 5.92 Å². The molecule has 0 saturated carbocycles. The SMILES string of the molecule is [CH2]CC(CC(=O)OCC)C(=O)OCC. The minimum Gasteiger partial charge on any atom is -0.466 e. The zero-order valence-corrected chi connectivity index (χ0v) is 8.75. The van der Waals surface area contributed by atoms with E-state index in [9.17, 15) is 9.59 Å². The van der Waals surface area contributed by atoms with Crippen LogP contribution in [0.3, 0.4) is 0 Å². The molecule has 0 aromatic heterocycles. The highest BCUT2D eigenvalue weighted by atomic mass is 16.5. The van der Waals surface area contributed by atoms with Crippen molar-refractivity contribution in [1.29, 1.82) is 0 Å². The van der Waals surface area contributed by atoms with E-state index < -0.39 is 5.92 Å². The van der Waals surface area contributed by atoms with Gasteiger partial charge in [-0.15, -0.1) is 0 Å². The molecule has 0 N–H and O–H groups in total. The fourth-order valence-electron chi connectivity index (χ4n) is 0.984. The van der Waals surface area contributed by atoms with Crippen LogP contribution in [0.15, 0.2) is 0 Å². The van der Waals surface area contributed by atoms with Gasteiger partial charge in [-0.25, -0.2) is 0 Å². The molecular weight excluding hydrogens is 184 g/mol.